The molecule has 3 heterocycles. The molecule has 3 aromatic carbocycles. The minimum Gasteiger partial charge on any atom is -0.497 e. The van der Waals surface area contributed by atoms with E-state index in [0.29, 0.717) is 17.1 Å². The van der Waals surface area contributed by atoms with Crippen molar-refractivity contribution in [2.75, 3.05) is 20.8 Å². The second kappa shape index (κ2) is 8.57. The second-order valence-corrected chi connectivity index (χ2v) is 9.20. The van der Waals surface area contributed by atoms with E-state index in [4.69, 9.17) is 14.2 Å². The van der Waals surface area contributed by atoms with Crippen molar-refractivity contribution in [3.63, 3.8) is 0 Å². The van der Waals surface area contributed by atoms with E-state index in [1.165, 1.54) is 39.9 Å². The molecule has 2 aliphatic heterocycles. The first-order valence-corrected chi connectivity index (χ1v) is 11.7. The molecule has 6 rings (SSSR count). The Kier molecular flexibility index (Phi) is 5.37. The summed E-state index contributed by atoms with van der Waals surface area (Å²) in [4.78, 5) is 6.11. The number of nitrogens with one attached hydrogen (secondary N) is 1. The molecule has 0 fully saturated rings. The SMILES string of the molecule is COc1ccc2[nH]c3c(c2c1)CC1c2cc(OC)c(OCc4cc(F)cc(F)c4)cc2CCN1C3. The average Bonchev–Trinajstić information content (AvgIpc) is 3.21. The van der Waals surface area contributed by atoms with Crippen molar-refractivity contribution in [1.82, 2.24) is 9.88 Å². The molecule has 2 aliphatic rings. The maximum absolute atomic E-state index is 13.6. The van der Waals surface area contributed by atoms with Crippen LogP contribution in [0.15, 0.2) is 48.5 Å². The first-order chi connectivity index (χ1) is 17.0. The van der Waals surface area contributed by atoms with Gasteiger partial charge in [0.05, 0.1) is 14.2 Å². The van der Waals surface area contributed by atoms with Gasteiger partial charge in [-0.05, 0) is 77.6 Å². The highest BCUT2D eigenvalue weighted by Crippen LogP contribution is 2.44. The molecule has 0 aliphatic carbocycles. The molecule has 180 valence electrons. The van der Waals surface area contributed by atoms with Crippen LogP contribution in [0.25, 0.3) is 10.9 Å². The third-order valence-corrected chi connectivity index (χ3v) is 7.17. The van der Waals surface area contributed by atoms with Crippen molar-refractivity contribution in [2.24, 2.45) is 0 Å². The molecular weight excluding hydrogens is 450 g/mol. The number of benzene rings is 3. The van der Waals surface area contributed by atoms with Crippen LogP contribution in [0.2, 0.25) is 0 Å². The predicted octanol–water partition coefficient (Wildman–Crippen LogP) is 5.70. The van der Waals surface area contributed by atoms with Crippen LogP contribution in [0.4, 0.5) is 8.78 Å². The number of hydrogen-bond acceptors (Lipinski definition) is 4. The highest BCUT2D eigenvalue weighted by atomic mass is 19.1. The zero-order valence-corrected chi connectivity index (χ0v) is 19.7. The summed E-state index contributed by atoms with van der Waals surface area (Å²) in [7, 11) is 3.30. The van der Waals surface area contributed by atoms with Crippen molar-refractivity contribution >= 4 is 10.9 Å². The van der Waals surface area contributed by atoms with Crippen LogP contribution in [-0.4, -0.2) is 30.6 Å². The van der Waals surface area contributed by atoms with E-state index in [0.717, 1.165) is 43.3 Å². The van der Waals surface area contributed by atoms with E-state index < -0.39 is 11.6 Å². The molecule has 0 saturated carbocycles. The zero-order chi connectivity index (χ0) is 24.1. The number of rotatable bonds is 5. The fourth-order valence-electron chi connectivity index (χ4n) is 5.49. The van der Waals surface area contributed by atoms with Gasteiger partial charge in [0.2, 0.25) is 0 Å². The van der Waals surface area contributed by atoms with Gasteiger partial charge < -0.3 is 19.2 Å². The Hall–Kier alpha value is -3.58. The van der Waals surface area contributed by atoms with Gasteiger partial charge in [-0.1, -0.05) is 0 Å². The molecule has 0 saturated heterocycles. The molecule has 0 spiro atoms. The number of H-pyrrole nitrogens is 1. The van der Waals surface area contributed by atoms with E-state index >= 15 is 0 Å². The van der Waals surface area contributed by atoms with Gasteiger partial charge in [-0.3, -0.25) is 4.90 Å². The van der Waals surface area contributed by atoms with Gasteiger partial charge in [0.15, 0.2) is 11.5 Å². The minimum absolute atomic E-state index is 0.0555. The normalized spacial score (nSPS) is 17.0. The summed E-state index contributed by atoms with van der Waals surface area (Å²) in [6.45, 7) is 1.86. The van der Waals surface area contributed by atoms with Crippen molar-refractivity contribution in [1.29, 1.82) is 0 Å². The maximum atomic E-state index is 13.6. The molecule has 1 unspecified atom stereocenters. The largest absolute Gasteiger partial charge is 0.497 e. The Labute approximate surface area is 202 Å². The van der Waals surface area contributed by atoms with Gasteiger partial charge in [0.1, 0.15) is 24.0 Å². The number of fused-ring (bicyclic) bond motifs is 6. The summed E-state index contributed by atoms with van der Waals surface area (Å²) >= 11 is 0. The summed E-state index contributed by atoms with van der Waals surface area (Å²) < 4.78 is 44.2. The standard InChI is InChI=1S/C28H26F2N2O3/c1-33-20-3-4-24-22(11-20)23-12-26-21-13-27(34-2)28(35-15-16-7-18(29)10-19(30)8-16)9-17(21)5-6-32(26)14-25(23)31-24/h3-4,7-11,13,26,31H,5-6,12,14-15H2,1-2H3. The minimum atomic E-state index is -0.618. The van der Waals surface area contributed by atoms with Crippen LogP contribution < -0.4 is 14.2 Å². The van der Waals surface area contributed by atoms with Crippen molar-refractivity contribution in [3.8, 4) is 17.2 Å². The van der Waals surface area contributed by atoms with Crippen LogP contribution >= 0.6 is 0 Å². The van der Waals surface area contributed by atoms with E-state index in [9.17, 15) is 8.78 Å². The van der Waals surface area contributed by atoms with Gasteiger partial charge in [-0.25, -0.2) is 8.78 Å². The lowest BCUT2D eigenvalue weighted by molar-refractivity contribution is 0.158. The monoisotopic (exact) mass is 476 g/mol. The molecule has 0 amide bonds. The van der Waals surface area contributed by atoms with E-state index in [-0.39, 0.29) is 12.6 Å². The summed E-state index contributed by atoms with van der Waals surface area (Å²) in [6, 6.07) is 13.9. The van der Waals surface area contributed by atoms with Crippen molar-refractivity contribution < 1.29 is 23.0 Å². The Balaban J connectivity index is 1.32. The van der Waals surface area contributed by atoms with Crippen LogP contribution in [0.5, 0.6) is 17.2 Å². The summed E-state index contributed by atoms with van der Waals surface area (Å²) in [6.07, 6.45) is 1.78. The lowest BCUT2D eigenvalue weighted by atomic mass is 9.85. The fraction of sp³-hybridized carbons (Fsp3) is 0.286. The highest BCUT2D eigenvalue weighted by Gasteiger charge is 2.34. The number of hydrogen-bond donors (Lipinski definition) is 1. The topological polar surface area (TPSA) is 46.7 Å². The quantitative estimate of drug-likeness (QED) is 0.402. The summed E-state index contributed by atoms with van der Waals surface area (Å²) in [5.41, 5.74) is 6.62. The van der Waals surface area contributed by atoms with Crippen molar-refractivity contribution in [3.05, 3.63) is 88.1 Å². The highest BCUT2D eigenvalue weighted by molar-refractivity contribution is 5.86. The number of aromatic nitrogens is 1. The third kappa shape index (κ3) is 3.90. The maximum Gasteiger partial charge on any atom is 0.161 e. The predicted molar refractivity (Wildman–Crippen MR) is 129 cm³/mol. The van der Waals surface area contributed by atoms with Gasteiger partial charge in [-0.15, -0.1) is 0 Å². The first-order valence-electron chi connectivity index (χ1n) is 11.7. The van der Waals surface area contributed by atoms with E-state index in [1.54, 1.807) is 14.2 Å². The van der Waals surface area contributed by atoms with E-state index in [1.807, 2.05) is 12.1 Å². The number of halogens is 2. The van der Waals surface area contributed by atoms with E-state index in [2.05, 4.69) is 28.1 Å². The third-order valence-electron chi connectivity index (χ3n) is 7.17. The number of nitrogens with zero attached hydrogens (tertiary/aromatic N) is 1. The number of aromatic amines is 1. The Bertz CT molecular complexity index is 1410. The summed E-state index contributed by atoms with van der Waals surface area (Å²) in [5, 5.41) is 1.21. The molecule has 0 radical (unpaired) electrons. The molecule has 0 bridgehead atoms. The molecule has 1 aromatic heterocycles. The van der Waals surface area contributed by atoms with Gasteiger partial charge in [0, 0.05) is 41.8 Å². The number of ether oxygens (including phenoxy) is 3. The fourth-order valence-corrected chi connectivity index (χ4v) is 5.49. The molecular formula is C28H26F2N2O3. The molecule has 1 N–H and O–H groups in total. The average molecular weight is 477 g/mol. The van der Waals surface area contributed by atoms with Gasteiger partial charge in [-0.2, -0.15) is 0 Å². The van der Waals surface area contributed by atoms with Gasteiger partial charge in [0.25, 0.3) is 0 Å². The first kappa shape index (κ1) is 21.9. The Morgan fingerprint density at radius 3 is 2.57 bits per heavy atom. The molecule has 35 heavy (non-hydrogen) atoms. The summed E-state index contributed by atoms with van der Waals surface area (Å²) in [5.74, 6) is 0.819. The van der Waals surface area contributed by atoms with Crippen LogP contribution in [-0.2, 0) is 26.0 Å². The Morgan fingerprint density at radius 2 is 1.80 bits per heavy atom. The van der Waals surface area contributed by atoms with Crippen LogP contribution in [0, 0.1) is 11.6 Å². The molecule has 7 heteroatoms. The molecule has 5 nitrogen and oxygen atoms in total. The Morgan fingerprint density at radius 1 is 0.971 bits per heavy atom. The second-order valence-electron chi connectivity index (χ2n) is 9.20. The van der Waals surface area contributed by atoms with Crippen LogP contribution in [0.1, 0.15) is 34.0 Å². The van der Waals surface area contributed by atoms with Crippen molar-refractivity contribution in [2.45, 2.75) is 32.0 Å². The molecule has 4 aromatic rings. The number of methoxy groups -OCH3 is 2. The van der Waals surface area contributed by atoms with Gasteiger partial charge >= 0.3 is 0 Å². The zero-order valence-electron chi connectivity index (χ0n) is 19.7. The lowest BCUT2D eigenvalue weighted by Gasteiger charge is -2.40. The molecule has 1 atom stereocenters. The lowest BCUT2D eigenvalue weighted by Crippen LogP contribution is -2.39. The van der Waals surface area contributed by atoms with Crippen LogP contribution in [0.3, 0.4) is 0 Å². The smallest absolute Gasteiger partial charge is 0.161 e.